The van der Waals surface area contributed by atoms with Gasteiger partial charge in [-0.05, 0) is 6.42 Å². The summed E-state index contributed by atoms with van der Waals surface area (Å²) < 4.78 is 34.5. The van der Waals surface area contributed by atoms with Gasteiger partial charge in [0.2, 0.25) is 0 Å². The number of hydrogen-bond donors (Lipinski definition) is 4. The molecule has 0 spiro atoms. The first-order valence-corrected chi connectivity index (χ1v) is 16.3. The van der Waals surface area contributed by atoms with Crippen LogP contribution in [-0.4, -0.2) is 69.2 Å². The van der Waals surface area contributed by atoms with Gasteiger partial charge in [-0.3, -0.25) is 18.9 Å². The number of ether oxygens (including phenoxy) is 3. The minimum Gasteiger partial charge on any atom is -0.394 e. The molecule has 1 saturated heterocycles. The number of phosphoric ester groups is 1. The van der Waals surface area contributed by atoms with Crippen LogP contribution in [0.3, 0.4) is 0 Å². The molecule has 1 aliphatic rings. The summed E-state index contributed by atoms with van der Waals surface area (Å²) in [6.07, 6.45) is 14.2. The molecule has 4 atom stereocenters. The van der Waals surface area contributed by atoms with Gasteiger partial charge in [0.1, 0.15) is 18.3 Å². The average Bonchev–Trinajstić information content (AvgIpc) is 3.23. The number of aromatic nitrogens is 2. The predicted octanol–water partition coefficient (Wildman–Crippen LogP) is 3.79. The zero-order chi connectivity index (χ0) is 29.2. The summed E-state index contributed by atoms with van der Waals surface area (Å²) in [5, 5.41) is 9.67. The molecule has 2 heterocycles. The molecule has 13 heteroatoms. The molecule has 1 aromatic rings. The monoisotopic (exact) mass is 592 g/mol. The Bertz CT molecular complexity index is 965. The Kier molecular flexibility index (Phi) is 17.2. The van der Waals surface area contributed by atoms with Crippen LogP contribution in [-0.2, 0) is 23.3 Å². The third-order valence-electron chi connectivity index (χ3n) is 7.03. The maximum atomic E-state index is 12.3. The van der Waals surface area contributed by atoms with Crippen molar-refractivity contribution in [2.45, 2.75) is 121 Å². The minimum atomic E-state index is -4.97. The van der Waals surface area contributed by atoms with Gasteiger partial charge in [-0.1, -0.05) is 90.4 Å². The van der Waals surface area contributed by atoms with Crippen molar-refractivity contribution in [2.75, 3.05) is 26.4 Å². The molecule has 0 radical (unpaired) electrons. The second kappa shape index (κ2) is 19.7. The van der Waals surface area contributed by atoms with Crippen LogP contribution < -0.4 is 11.2 Å². The molecule has 2 rings (SSSR count). The average molecular weight is 593 g/mol. The maximum Gasteiger partial charge on any atom is 0.470 e. The molecule has 0 aromatic carbocycles. The number of hydrogen-bond acceptors (Lipinski definition) is 8. The number of aliphatic hydroxyl groups is 1. The van der Waals surface area contributed by atoms with Crippen molar-refractivity contribution < 1.29 is 38.2 Å². The highest BCUT2D eigenvalue weighted by molar-refractivity contribution is 7.46. The predicted molar refractivity (Wildman–Crippen MR) is 150 cm³/mol. The first-order valence-electron chi connectivity index (χ1n) is 14.8. The van der Waals surface area contributed by atoms with Crippen molar-refractivity contribution in [1.82, 2.24) is 9.55 Å². The van der Waals surface area contributed by atoms with Gasteiger partial charge < -0.3 is 29.1 Å². The minimum absolute atomic E-state index is 0.0421. The smallest absolute Gasteiger partial charge is 0.394 e. The molecule has 0 aliphatic carbocycles. The van der Waals surface area contributed by atoms with E-state index < -0.39 is 50.2 Å². The van der Waals surface area contributed by atoms with E-state index in [1.165, 1.54) is 83.2 Å². The molecule has 0 amide bonds. The number of aliphatic hydroxyl groups excluding tert-OH is 1. The number of H-pyrrole nitrogens is 1. The van der Waals surface area contributed by atoms with Gasteiger partial charge >= 0.3 is 13.5 Å². The summed E-state index contributed by atoms with van der Waals surface area (Å²) in [6.45, 7) is 2.44. The van der Waals surface area contributed by atoms with Crippen LogP contribution in [0, 0.1) is 0 Å². The fourth-order valence-corrected chi connectivity index (χ4v) is 5.49. The molecule has 0 bridgehead atoms. The van der Waals surface area contributed by atoms with Crippen LogP contribution in [0.1, 0.15) is 103 Å². The molecule has 1 aliphatic heterocycles. The number of nitrogens with one attached hydrogen (secondary N) is 1. The van der Waals surface area contributed by atoms with Gasteiger partial charge in [0.25, 0.3) is 5.56 Å². The van der Waals surface area contributed by atoms with Crippen molar-refractivity contribution in [3.05, 3.63) is 33.1 Å². The Balaban J connectivity index is 1.64. The van der Waals surface area contributed by atoms with E-state index in [9.17, 15) is 29.0 Å². The lowest BCUT2D eigenvalue weighted by Gasteiger charge is -2.25. The highest BCUT2D eigenvalue weighted by atomic mass is 31.2. The first-order chi connectivity index (χ1) is 19.3. The van der Waals surface area contributed by atoms with Crippen molar-refractivity contribution >= 4 is 7.82 Å². The van der Waals surface area contributed by atoms with Crippen LogP contribution in [0.25, 0.3) is 0 Å². The van der Waals surface area contributed by atoms with Gasteiger partial charge in [-0.2, -0.15) is 0 Å². The third kappa shape index (κ3) is 13.5. The highest BCUT2D eigenvalue weighted by Crippen LogP contribution is 2.44. The van der Waals surface area contributed by atoms with Crippen LogP contribution in [0.5, 0.6) is 0 Å². The van der Waals surface area contributed by atoms with E-state index >= 15 is 0 Å². The molecule has 1 aromatic heterocycles. The summed E-state index contributed by atoms with van der Waals surface area (Å²) in [5.74, 6) is 0. The molecule has 1 fully saturated rings. The van der Waals surface area contributed by atoms with E-state index in [1.807, 2.05) is 0 Å². The van der Waals surface area contributed by atoms with Gasteiger partial charge in [0, 0.05) is 18.9 Å². The lowest BCUT2D eigenvalue weighted by atomic mass is 10.0. The Labute approximate surface area is 236 Å². The molecule has 4 N–H and O–H groups in total. The number of aromatic amines is 1. The highest BCUT2D eigenvalue weighted by Gasteiger charge is 2.49. The number of nitrogens with zero attached hydrogens (tertiary/aromatic N) is 1. The van der Waals surface area contributed by atoms with E-state index in [1.54, 1.807) is 0 Å². The van der Waals surface area contributed by atoms with Gasteiger partial charge in [-0.15, -0.1) is 0 Å². The summed E-state index contributed by atoms with van der Waals surface area (Å²) in [6, 6.07) is 1.10. The van der Waals surface area contributed by atoms with Gasteiger partial charge in [0.05, 0.1) is 19.8 Å². The quantitative estimate of drug-likeness (QED) is 0.108. The van der Waals surface area contributed by atoms with Crippen LogP contribution >= 0.6 is 7.82 Å². The fourth-order valence-electron chi connectivity index (χ4n) is 4.91. The molecular weight excluding hydrogens is 543 g/mol. The van der Waals surface area contributed by atoms with Gasteiger partial charge in [-0.25, -0.2) is 9.36 Å². The molecular formula is C27H49N2O10P. The van der Waals surface area contributed by atoms with E-state index in [0.717, 1.165) is 23.5 Å². The number of rotatable bonds is 23. The summed E-state index contributed by atoms with van der Waals surface area (Å²) in [7, 11) is -4.97. The van der Waals surface area contributed by atoms with E-state index in [0.29, 0.717) is 6.61 Å². The van der Waals surface area contributed by atoms with Crippen LogP contribution in [0.4, 0.5) is 0 Å². The number of unbranched alkanes of at least 4 members (excludes halogenated alkanes) is 13. The largest absolute Gasteiger partial charge is 0.470 e. The van der Waals surface area contributed by atoms with Crippen LogP contribution in [0.2, 0.25) is 0 Å². The Morgan fingerprint density at radius 2 is 1.45 bits per heavy atom. The molecule has 232 valence electrons. The molecule has 40 heavy (non-hydrogen) atoms. The van der Waals surface area contributed by atoms with E-state index in [2.05, 4.69) is 11.9 Å². The SMILES string of the molecule is CCCCCCCCCCCCCCCCOCCO[C@@H]1[C@H](OP(=O)(O)O)[C@@H](CO)O[C@H]1n1ccc(=O)[nH]c1=O. The lowest BCUT2D eigenvalue weighted by molar-refractivity contribution is -0.0841. The summed E-state index contributed by atoms with van der Waals surface area (Å²) in [4.78, 5) is 44.5. The normalized spacial score (nSPS) is 21.3. The zero-order valence-corrected chi connectivity index (χ0v) is 24.7. The summed E-state index contributed by atoms with van der Waals surface area (Å²) in [5.41, 5.74) is -1.41. The second-order valence-electron chi connectivity index (χ2n) is 10.4. The molecule has 0 saturated carbocycles. The van der Waals surface area contributed by atoms with Crippen molar-refractivity contribution in [2.24, 2.45) is 0 Å². The fraction of sp³-hybridized carbons (Fsp3) is 0.852. The number of phosphoric acid groups is 1. The topological polar surface area (TPSA) is 170 Å². The van der Waals surface area contributed by atoms with Crippen molar-refractivity contribution in [3.63, 3.8) is 0 Å². The third-order valence-corrected chi connectivity index (χ3v) is 7.55. The molecule has 0 unspecified atom stereocenters. The Hall–Kier alpha value is -1.37. The standard InChI is InChI=1S/C27H49N2O10P/c1-2-3-4-5-6-7-8-9-10-11-12-13-14-15-18-36-19-20-37-25-24(39-40(33,34)35)22(21-30)38-26(25)29-17-16-23(31)28-27(29)32/h16-17,22,24-26,30H,2-15,18-21H2,1H3,(H,28,31,32)(H2,33,34,35)/t22-,24-,25-,26-/m1/s1. The zero-order valence-electron chi connectivity index (χ0n) is 23.8. The summed E-state index contributed by atoms with van der Waals surface area (Å²) >= 11 is 0. The van der Waals surface area contributed by atoms with Crippen molar-refractivity contribution in [1.29, 1.82) is 0 Å². The lowest BCUT2D eigenvalue weighted by Crippen LogP contribution is -2.40. The van der Waals surface area contributed by atoms with E-state index in [-0.39, 0.29) is 13.2 Å². The Morgan fingerprint density at radius 1 is 0.875 bits per heavy atom. The van der Waals surface area contributed by atoms with Crippen LogP contribution in [0.15, 0.2) is 21.9 Å². The van der Waals surface area contributed by atoms with Crippen molar-refractivity contribution in [3.8, 4) is 0 Å². The van der Waals surface area contributed by atoms with Gasteiger partial charge in [0.15, 0.2) is 6.23 Å². The van der Waals surface area contributed by atoms with E-state index in [4.69, 9.17) is 18.7 Å². The first kappa shape index (κ1) is 34.8. The molecule has 12 nitrogen and oxygen atoms in total. The maximum absolute atomic E-state index is 12.3. The second-order valence-corrected chi connectivity index (χ2v) is 11.6. The Morgan fingerprint density at radius 3 is 1.98 bits per heavy atom.